The number of carbonyl (C=O) groups is 2. The van der Waals surface area contributed by atoms with Crippen LogP contribution in [0, 0.1) is 0 Å². The number of anilines is 1. The molecule has 1 aromatic heterocycles. The highest BCUT2D eigenvalue weighted by Crippen LogP contribution is 2.25. The van der Waals surface area contributed by atoms with E-state index >= 15 is 0 Å². The Labute approximate surface area is 155 Å². The third-order valence-electron chi connectivity index (χ3n) is 3.07. The zero-order chi connectivity index (χ0) is 17.6. The Morgan fingerprint density at radius 3 is 2.60 bits per heavy atom. The van der Waals surface area contributed by atoms with E-state index < -0.39 is 18.5 Å². The van der Waals surface area contributed by atoms with Gasteiger partial charge in [0.1, 0.15) is 5.75 Å². The van der Waals surface area contributed by atoms with Gasteiger partial charge in [-0.05, 0) is 36.4 Å². The Kier molecular flexibility index (Phi) is 5.62. The normalized spacial score (nSPS) is 10.4. The molecule has 0 bridgehead atoms. The first kappa shape index (κ1) is 17.4. The van der Waals surface area contributed by atoms with E-state index in [4.69, 9.17) is 9.47 Å². The Morgan fingerprint density at radius 1 is 1.08 bits per heavy atom. The maximum atomic E-state index is 11.8. The Hall–Kier alpha value is -2.45. The standard InChI is InChI=1S/C17H13BrN2O4S/c18-11-5-7-12(8-6-11)23-10-16(22)24-9-15(21)20-17-19-13-3-1-2-4-14(13)25-17/h1-8H,9-10H2,(H,19,20,21). The van der Waals surface area contributed by atoms with Crippen molar-refractivity contribution >= 4 is 54.5 Å². The van der Waals surface area contributed by atoms with Crippen molar-refractivity contribution < 1.29 is 19.1 Å². The van der Waals surface area contributed by atoms with Crippen LogP contribution in [0.3, 0.4) is 0 Å². The van der Waals surface area contributed by atoms with Crippen LogP contribution in [0.5, 0.6) is 5.75 Å². The summed E-state index contributed by atoms with van der Waals surface area (Å²) in [5.74, 6) is -0.530. The second-order valence-corrected chi connectivity index (χ2v) is 6.88. The number of carbonyl (C=O) groups excluding carboxylic acids is 2. The molecule has 1 amide bonds. The molecule has 2 aromatic carbocycles. The number of para-hydroxylation sites is 1. The molecule has 0 fully saturated rings. The second kappa shape index (κ2) is 8.09. The minimum atomic E-state index is -0.623. The smallest absolute Gasteiger partial charge is 0.344 e. The molecule has 25 heavy (non-hydrogen) atoms. The lowest BCUT2D eigenvalue weighted by atomic mass is 10.3. The fraction of sp³-hybridized carbons (Fsp3) is 0.118. The molecule has 1 heterocycles. The molecule has 3 aromatic rings. The number of hydrogen-bond donors (Lipinski definition) is 1. The fourth-order valence-corrected chi connectivity index (χ4v) is 3.09. The number of halogens is 1. The summed E-state index contributed by atoms with van der Waals surface area (Å²) >= 11 is 4.67. The van der Waals surface area contributed by atoms with Crippen LogP contribution in [-0.2, 0) is 14.3 Å². The highest BCUT2D eigenvalue weighted by Gasteiger charge is 2.11. The monoisotopic (exact) mass is 420 g/mol. The summed E-state index contributed by atoms with van der Waals surface area (Å²) in [5.41, 5.74) is 0.808. The Balaban J connectivity index is 1.43. The maximum absolute atomic E-state index is 11.8. The first-order chi connectivity index (χ1) is 12.1. The number of benzene rings is 2. The number of aromatic nitrogens is 1. The maximum Gasteiger partial charge on any atom is 0.344 e. The van der Waals surface area contributed by atoms with Crippen LogP contribution < -0.4 is 10.1 Å². The number of rotatable bonds is 6. The molecule has 0 radical (unpaired) electrons. The third-order valence-corrected chi connectivity index (χ3v) is 4.56. The van der Waals surface area contributed by atoms with Gasteiger partial charge in [-0.1, -0.05) is 39.4 Å². The summed E-state index contributed by atoms with van der Waals surface area (Å²) in [6, 6.07) is 14.6. The van der Waals surface area contributed by atoms with Gasteiger partial charge in [0.2, 0.25) is 0 Å². The van der Waals surface area contributed by atoms with E-state index in [1.54, 1.807) is 24.3 Å². The van der Waals surface area contributed by atoms with E-state index in [1.807, 2.05) is 24.3 Å². The number of amides is 1. The first-order valence-corrected chi connectivity index (χ1v) is 8.90. The van der Waals surface area contributed by atoms with Gasteiger partial charge < -0.3 is 9.47 Å². The van der Waals surface area contributed by atoms with Crippen LogP contribution in [0.4, 0.5) is 5.13 Å². The van der Waals surface area contributed by atoms with Crippen LogP contribution in [-0.4, -0.2) is 30.1 Å². The molecule has 0 aliphatic carbocycles. The number of ether oxygens (including phenoxy) is 2. The number of nitrogens with one attached hydrogen (secondary N) is 1. The number of thiazole rings is 1. The molecule has 128 valence electrons. The zero-order valence-electron chi connectivity index (χ0n) is 12.9. The van der Waals surface area contributed by atoms with Gasteiger partial charge in [-0.25, -0.2) is 9.78 Å². The van der Waals surface area contributed by atoms with Gasteiger partial charge in [0.15, 0.2) is 18.3 Å². The Morgan fingerprint density at radius 2 is 1.84 bits per heavy atom. The summed E-state index contributed by atoms with van der Waals surface area (Å²) in [6.07, 6.45) is 0. The van der Waals surface area contributed by atoms with Gasteiger partial charge in [0.05, 0.1) is 10.2 Å². The van der Waals surface area contributed by atoms with Crippen molar-refractivity contribution in [1.82, 2.24) is 4.98 Å². The van der Waals surface area contributed by atoms with Gasteiger partial charge in [0, 0.05) is 4.47 Å². The quantitative estimate of drug-likeness (QED) is 0.616. The van der Waals surface area contributed by atoms with Gasteiger partial charge in [-0.3, -0.25) is 10.1 Å². The van der Waals surface area contributed by atoms with Crippen LogP contribution in [0.2, 0.25) is 0 Å². The van der Waals surface area contributed by atoms with Gasteiger partial charge >= 0.3 is 5.97 Å². The van der Waals surface area contributed by atoms with E-state index in [-0.39, 0.29) is 6.61 Å². The number of hydrogen-bond acceptors (Lipinski definition) is 6. The van der Waals surface area contributed by atoms with E-state index in [0.717, 1.165) is 14.7 Å². The molecule has 0 unspecified atom stereocenters. The van der Waals surface area contributed by atoms with Crippen molar-refractivity contribution in [2.75, 3.05) is 18.5 Å². The minimum absolute atomic E-state index is 0.268. The van der Waals surface area contributed by atoms with E-state index in [2.05, 4.69) is 26.2 Å². The van der Waals surface area contributed by atoms with E-state index in [1.165, 1.54) is 11.3 Å². The summed E-state index contributed by atoms with van der Waals surface area (Å²) in [7, 11) is 0. The van der Waals surface area contributed by atoms with Crippen LogP contribution >= 0.6 is 27.3 Å². The highest BCUT2D eigenvalue weighted by molar-refractivity contribution is 9.10. The molecular weight excluding hydrogens is 408 g/mol. The average Bonchev–Trinajstić information content (AvgIpc) is 3.01. The number of fused-ring (bicyclic) bond motifs is 1. The molecule has 0 saturated heterocycles. The zero-order valence-corrected chi connectivity index (χ0v) is 15.3. The largest absolute Gasteiger partial charge is 0.482 e. The molecule has 8 heteroatoms. The number of esters is 1. The molecule has 3 rings (SSSR count). The SMILES string of the molecule is O=C(COC(=O)COc1ccc(Br)cc1)Nc1nc2ccccc2s1. The summed E-state index contributed by atoms with van der Waals surface area (Å²) < 4.78 is 12.0. The van der Waals surface area contributed by atoms with Gasteiger partial charge in [-0.2, -0.15) is 0 Å². The van der Waals surface area contributed by atoms with Gasteiger partial charge in [-0.15, -0.1) is 0 Å². The minimum Gasteiger partial charge on any atom is -0.482 e. The average molecular weight is 421 g/mol. The molecule has 0 aliphatic rings. The third kappa shape index (κ3) is 5.01. The lowest BCUT2D eigenvalue weighted by Gasteiger charge is -2.07. The molecule has 1 N–H and O–H groups in total. The van der Waals surface area contributed by atoms with Crippen LogP contribution in [0.15, 0.2) is 53.0 Å². The molecule has 0 aliphatic heterocycles. The lowest BCUT2D eigenvalue weighted by molar-refractivity contribution is -0.149. The molecular formula is C17H13BrN2O4S. The molecule has 0 atom stereocenters. The molecule has 6 nitrogen and oxygen atoms in total. The molecule has 0 saturated carbocycles. The topological polar surface area (TPSA) is 77.5 Å². The van der Waals surface area contributed by atoms with Crippen LogP contribution in [0.25, 0.3) is 10.2 Å². The van der Waals surface area contributed by atoms with E-state index in [0.29, 0.717) is 10.9 Å². The molecule has 0 spiro atoms. The van der Waals surface area contributed by atoms with Crippen molar-refractivity contribution in [2.45, 2.75) is 0 Å². The summed E-state index contributed by atoms with van der Waals surface area (Å²) in [4.78, 5) is 27.7. The van der Waals surface area contributed by atoms with Crippen molar-refractivity contribution in [3.63, 3.8) is 0 Å². The van der Waals surface area contributed by atoms with Crippen molar-refractivity contribution in [1.29, 1.82) is 0 Å². The van der Waals surface area contributed by atoms with E-state index in [9.17, 15) is 9.59 Å². The summed E-state index contributed by atoms with van der Waals surface area (Å²) in [5, 5.41) is 3.08. The Bertz CT molecular complexity index is 862. The number of nitrogens with zero attached hydrogens (tertiary/aromatic N) is 1. The fourth-order valence-electron chi connectivity index (χ4n) is 1.94. The van der Waals surface area contributed by atoms with Crippen molar-refractivity contribution in [2.24, 2.45) is 0 Å². The van der Waals surface area contributed by atoms with Crippen molar-refractivity contribution in [3.05, 3.63) is 53.0 Å². The summed E-state index contributed by atoms with van der Waals surface area (Å²) in [6.45, 7) is -0.658. The van der Waals surface area contributed by atoms with Gasteiger partial charge in [0.25, 0.3) is 5.91 Å². The predicted molar refractivity (Wildman–Crippen MR) is 98.8 cm³/mol. The van der Waals surface area contributed by atoms with Crippen LogP contribution in [0.1, 0.15) is 0 Å². The second-order valence-electron chi connectivity index (χ2n) is 4.94. The lowest BCUT2D eigenvalue weighted by Crippen LogP contribution is -2.23. The highest BCUT2D eigenvalue weighted by atomic mass is 79.9. The first-order valence-electron chi connectivity index (χ1n) is 7.29. The van der Waals surface area contributed by atoms with Crippen molar-refractivity contribution in [3.8, 4) is 5.75 Å². The predicted octanol–water partition coefficient (Wildman–Crippen LogP) is 3.62.